The number of halogens is 1. The summed E-state index contributed by atoms with van der Waals surface area (Å²) in [4.78, 5) is 18.8. The van der Waals surface area contributed by atoms with Crippen LogP contribution in [0.3, 0.4) is 0 Å². The SMILES string of the molecule is Nc1ccc2nc(OCc3ccc(Cl)cc3)[nH]c(=O)c2c1. The molecule has 0 radical (unpaired) electrons. The number of rotatable bonds is 3. The summed E-state index contributed by atoms with van der Waals surface area (Å²) in [5.41, 5.74) is 7.36. The molecular weight excluding hydrogens is 290 g/mol. The Balaban J connectivity index is 1.86. The number of fused-ring (bicyclic) bond motifs is 1. The van der Waals surface area contributed by atoms with Gasteiger partial charge in [-0.3, -0.25) is 9.78 Å². The number of H-pyrrole nitrogens is 1. The van der Waals surface area contributed by atoms with Crippen LogP contribution in [-0.2, 0) is 6.61 Å². The van der Waals surface area contributed by atoms with Crippen LogP contribution in [0.4, 0.5) is 5.69 Å². The van der Waals surface area contributed by atoms with E-state index in [4.69, 9.17) is 22.1 Å². The highest BCUT2D eigenvalue weighted by Gasteiger charge is 2.05. The summed E-state index contributed by atoms with van der Waals surface area (Å²) in [6.45, 7) is 0.292. The Hall–Kier alpha value is -2.53. The van der Waals surface area contributed by atoms with Gasteiger partial charge in [-0.15, -0.1) is 0 Å². The van der Waals surface area contributed by atoms with Crippen LogP contribution in [0.25, 0.3) is 10.9 Å². The van der Waals surface area contributed by atoms with Gasteiger partial charge in [-0.05, 0) is 35.9 Å². The first kappa shape index (κ1) is 13.5. The first-order valence-electron chi connectivity index (χ1n) is 6.28. The minimum absolute atomic E-state index is 0.173. The van der Waals surface area contributed by atoms with Crippen molar-refractivity contribution in [1.29, 1.82) is 0 Å². The van der Waals surface area contributed by atoms with E-state index in [1.807, 2.05) is 12.1 Å². The summed E-state index contributed by atoms with van der Waals surface area (Å²) in [7, 11) is 0. The van der Waals surface area contributed by atoms with Crippen LogP contribution in [0.2, 0.25) is 5.02 Å². The summed E-state index contributed by atoms with van der Waals surface area (Å²) in [6, 6.07) is 12.4. The summed E-state index contributed by atoms with van der Waals surface area (Å²) >= 11 is 5.82. The molecular formula is C15H12ClN3O2. The minimum atomic E-state index is -0.279. The van der Waals surface area contributed by atoms with Crippen molar-refractivity contribution >= 4 is 28.2 Å². The van der Waals surface area contributed by atoms with Gasteiger partial charge in [0, 0.05) is 10.7 Å². The monoisotopic (exact) mass is 301 g/mol. The number of anilines is 1. The molecule has 6 heteroatoms. The number of nitrogen functional groups attached to an aromatic ring is 1. The molecule has 0 fully saturated rings. The Morgan fingerprint density at radius 3 is 2.71 bits per heavy atom. The fourth-order valence-corrected chi connectivity index (χ4v) is 2.06. The van der Waals surface area contributed by atoms with E-state index in [1.165, 1.54) is 0 Å². The number of ether oxygens (including phenoxy) is 1. The van der Waals surface area contributed by atoms with Crippen LogP contribution in [0.5, 0.6) is 6.01 Å². The van der Waals surface area contributed by atoms with Crippen LogP contribution < -0.4 is 16.0 Å². The molecule has 1 heterocycles. The molecule has 21 heavy (non-hydrogen) atoms. The summed E-state index contributed by atoms with van der Waals surface area (Å²) in [5.74, 6) is 0. The molecule has 3 aromatic rings. The molecule has 0 aliphatic heterocycles. The number of hydrogen-bond acceptors (Lipinski definition) is 4. The normalized spacial score (nSPS) is 10.7. The van der Waals surface area contributed by atoms with Crippen LogP contribution >= 0.6 is 11.6 Å². The molecule has 0 saturated carbocycles. The van der Waals surface area contributed by atoms with E-state index in [0.29, 0.717) is 28.2 Å². The van der Waals surface area contributed by atoms with Gasteiger partial charge in [-0.25, -0.2) is 0 Å². The van der Waals surface area contributed by atoms with Gasteiger partial charge >= 0.3 is 0 Å². The number of nitrogens with zero attached hydrogens (tertiary/aromatic N) is 1. The number of nitrogens with one attached hydrogen (secondary N) is 1. The molecule has 106 valence electrons. The Labute approximate surface area is 125 Å². The van der Waals surface area contributed by atoms with E-state index in [9.17, 15) is 4.79 Å². The number of nitrogens with two attached hydrogens (primary N) is 1. The van der Waals surface area contributed by atoms with Gasteiger partial charge in [0.25, 0.3) is 11.6 Å². The van der Waals surface area contributed by atoms with Crippen molar-refractivity contribution in [2.45, 2.75) is 6.61 Å². The number of benzene rings is 2. The molecule has 0 unspecified atom stereocenters. The molecule has 0 spiro atoms. The van der Waals surface area contributed by atoms with Crippen molar-refractivity contribution in [2.24, 2.45) is 0 Å². The third-order valence-electron chi connectivity index (χ3n) is 3.00. The Morgan fingerprint density at radius 2 is 1.95 bits per heavy atom. The van der Waals surface area contributed by atoms with E-state index in [1.54, 1.807) is 30.3 Å². The molecule has 3 N–H and O–H groups in total. The average molecular weight is 302 g/mol. The van der Waals surface area contributed by atoms with Gasteiger partial charge in [0.2, 0.25) is 0 Å². The second-order valence-corrected chi connectivity index (χ2v) is 5.00. The maximum atomic E-state index is 12.0. The first-order valence-corrected chi connectivity index (χ1v) is 6.66. The summed E-state index contributed by atoms with van der Waals surface area (Å²) < 4.78 is 5.51. The van der Waals surface area contributed by atoms with Gasteiger partial charge in [0.05, 0.1) is 10.9 Å². The molecule has 0 amide bonds. The average Bonchev–Trinajstić information content (AvgIpc) is 2.47. The molecule has 5 nitrogen and oxygen atoms in total. The number of aromatic nitrogens is 2. The topological polar surface area (TPSA) is 81.0 Å². The van der Waals surface area contributed by atoms with E-state index in [0.717, 1.165) is 5.56 Å². The molecule has 2 aromatic carbocycles. The quantitative estimate of drug-likeness (QED) is 0.729. The molecule has 0 aliphatic carbocycles. The van der Waals surface area contributed by atoms with Crippen molar-refractivity contribution in [3.8, 4) is 6.01 Å². The predicted molar refractivity (Wildman–Crippen MR) is 82.6 cm³/mol. The maximum absolute atomic E-state index is 12.0. The summed E-state index contributed by atoms with van der Waals surface area (Å²) in [6.07, 6.45) is 0. The molecule has 0 atom stereocenters. The van der Waals surface area contributed by atoms with Crippen molar-refractivity contribution in [3.63, 3.8) is 0 Å². The standard InChI is InChI=1S/C15H12ClN3O2/c16-10-3-1-9(2-4-10)8-21-15-18-13-6-5-11(17)7-12(13)14(20)19-15/h1-7H,8,17H2,(H,18,19,20). The van der Waals surface area contributed by atoms with Crippen molar-refractivity contribution in [2.75, 3.05) is 5.73 Å². The lowest BCUT2D eigenvalue weighted by atomic mass is 10.2. The number of aromatic amines is 1. The Bertz CT molecular complexity index is 844. The molecule has 3 rings (SSSR count). The van der Waals surface area contributed by atoms with Crippen LogP contribution in [0.1, 0.15) is 5.56 Å². The molecule has 0 aliphatic rings. The van der Waals surface area contributed by atoms with Crippen LogP contribution in [0, 0.1) is 0 Å². The zero-order valence-electron chi connectivity index (χ0n) is 11.0. The highest BCUT2D eigenvalue weighted by molar-refractivity contribution is 6.30. The third-order valence-corrected chi connectivity index (χ3v) is 3.25. The first-order chi connectivity index (χ1) is 10.1. The Morgan fingerprint density at radius 1 is 1.19 bits per heavy atom. The molecule has 0 saturated heterocycles. The lowest BCUT2D eigenvalue weighted by Crippen LogP contribution is -2.11. The third kappa shape index (κ3) is 2.98. The van der Waals surface area contributed by atoms with Gasteiger partial charge in [0.15, 0.2) is 0 Å². The highest BCUT2D eigenvalue weighted by Crippen LogP contribution is 2.15. The van der Waals surface area contributed by atoms with E-state index in [-0.39, 0.29) is 11.6 Å². The van der Waals surface area contributed by atoms with Gasteiger partial charge in [-0.1, -0.05) is 23.7 Å². The lowest BCUT2D eigenvalue weighted by Gasteiger charge is -2.06. The minimum Gasteiger partial charge on any atom is -0.460 e. The van der Waals surface area contributed by atoms with Crippen LogP contribution in [-0.4, -0.2) is 9.97 Å². The zero-order chi connectivity index (χ0) is 14.8. The lowest BCUT2D eigenvalue weighted by molar-refractivity contribution is 0.281. The van der Waals surface area contributed by atoms with Gasteiger partial charge in [0.1, 0.15) is 6.61 Å². The summed E-state index contributed by atoms with van der Waals surface area (Å²) in [5, 5.41) is 1.10. The second-order valence-electron chi connectivity index (χ2n) is 4.56. The van der Waals surface area contributed by atoms with E-state index < -0.39 is 0 Å². The van der Waals surface area contributed by atoms with E-state index in [2.05, 4.69) is 9.97 Å². The smallest absolute Gasteiger partial charge is 0.297 e. The largest absolute Gasteiger partial charge is 0.460 e. The molecule has 1 aromatic heterocycles. The van der Waals surface area contributed by atoms with Gasteiger partial charge in [-0.2, -0.15) is 4.98 Å². The maximum Gasteiger partial charge on any atom is 0.297 e. The van der Waals surface area contributed by atoms with Gasteiger partial charge < -0.3 is 10.5 Å². The number of hydrogen-bond donors (Lipinski definition) is 2. The Kier molecular flexibility index (Phi) is 3.50. The van der Waals surface area contributed by atoms with Crippen molar-refractivity contribution in [3.05, 3.63) is 63.4 Å². The van der Waals surface area contributed by atoms with E-state index >= 15 is 0 Å². The highest BCUT2D eigenvalue weighted by atomic mass is 35.5. The van der Waals surface area contributed by atoms with Crippen LogP contribution in [0.15, 0.2) is 47.3 Å². The molecule has 0 bridgehead atoms. The van der Waals surface area contributed by atoms with Crippen molar-refractivity contribution < 1.29 is 4.74 Å². The predicted octanol–water partition coefficient (Wildman–Crippen LogP) is 2.74. The van der Waals surface area contributed by atoms with Crippen molar-refractivity contribution in [1.82, 2.24) is 9.97 Å². The second kappa shape index (κ2) is 5.46. The zero-order valence-corrected chi connectivity index (χ0v) is 11.7. The fraction of sp³-hybridized carbons (Fsp3) is 0.0667. The fourth-order valence-electron chi connectivity index (χ4n) is 1.94.